The SMILES string of the molecule is O=C(CC1CCC(CCN2CCN(c3nccc4c3OCC4)CC2)CC1)c1ccc(-c2ccccc2)cc1. The summed E-state index contributed by atoms with van der Waals surface area (Å²) < 4.78 is 5.88. The summed E-state index contributed by atoms with van der Waals surface area (Å²) in [5.74, 6) is 3.70. The van der Waals surface area contributed by atoms with Crippen molar-refractivity contribution in [1.29, 1.82) is 0 Å². The van der Waals surface area contributed by atoms with E-state index in [2.05, 4.69) is 57.2 Å². The van der Waals surface area contributed by atoms with Crippen LogP contribution in [0.4, 0.5) is 5.82 Å². The average molecular weight is 510 g/mol. The van der Waals surface area contributed by atoms with Crippen molar-refractivity contribution in [3.63, 3.8) is 0 Å². The number of hydrogen-bond donors (Lipinski definition) is 0. The lowest BCUT2D eigenvalue weighted by Gasteiger charge is -2.37. The van der Waals surface area contributed by atoms with E-state index >= 15 is 0 Å². The lowest BCUT2D eigenvalue weighted by atomic mass is 9.78. The highest BCUT2D eigenvalue weighted by atomic mass is 16.5. The fourth-order valence-corrected chi connectivity index (χ4v) is 6.45. The van der Waals surface area contributed by atoms with Crippen LogP contribution in [0.2, 0.25) is 0 Å². The number of Topliss-reactive ketones (excluding diaryl/α,β-unsaturated/α-hetero) is 1. The van der Waals surface area contributed by atoms with Crippen LogP contribution in [0, 0.1) is 11.8 Å². The maximum atomic E-state index is 12.9. The molecule has 1 aliphatic carbocycles. The molecule has 5 heteroatoms. The Bertz CT molecular complexity index is 1210. The monoisotopic (exact) mass is 509 g/mol. The van der Waals surface area contributed by atoms with Gasteiger partial charge in [-0.2, -0.15) is 0 Å². The van der Waals surface area contributed by atoms with Gasteiger partial charge in [0.05, 0.1) is 6.61 Å². The molecule has 0 bridgehead atoms. The van der Waals surface area contributed by atoms with Gasteiger partial charge in [-0.15, -0.1) is 0 Å². The maximum absolute atomic E-state index is 12.9. The van der Waals surface area contributed by atoms with Crippen molar-refractivity contribution >= 4 is 11.6 Å². The molecule has 2 aliphatic heterocycles. The summed E-state index contributed by atoms with van der Waals surface area (Å²) in [6, 6.07) is 20.6. The van der Waals surface area contributed by atoms with Crippen molar-refractivity contribution in [2.24, 2.45) is 11.8 Å². The number of ether oxygens (including phenoxy) is 1. The molecular weight excluding hydrogens is 470 g/mol. The number of piperazine rings is 1. The van der Waals surface area contributed by atoms with E-state index in [1.165, 1.54) is 55.3 Å². The molecule has 38 heavy (non-hydrogen) atoms. The number of fused-ring (bicyclic) bond motifs is 1. The van der Waals surface area contributed by atoms with Crippen molar-refractivity contribution in [3.05, 3.63) is 78.0 Å². The smallest absolute Gasteiger partial charge is 0.171 e. The lowest BCUT2D eigenvalue weighted by Crippen LogP contribution is -2.47. The highest BCUT2D eigenvalue weighted by Crippen LogP contribution is 2.36. The first-order chi connectivity index (χ1) is 18.7. The van der Waals surface area contributed by atoms with Crippen LogP contribution >= 0.6 is 0 Å². The third-order valence-electron chi connectivity index (χ3n) is 8.86. The topological polar surface area (TPSA) is 45.7 Å². The predicted molar refractivity (Wildman–Crippen MR) is 153 cm³/mol. The number of hydrogen-bond acceptors (Lipinski definition) is 5. The van der Waals surface area contributed by atoms with E-state index in [0.29, 0.717) is 18.1 Å². The molecule has 1 saturated heterocycles. The Hall–Kier alpha value is -3.18. The van der Waals surface area contributed by atoms with Crippen molar-refractivity contribution in [1.82, 2.24) is 9.88 Å². The van der Waals surface area contributed by atoms with Crippen molar-refractivity contribution in [2.45, 2.75) is 44.9 Å². The van der Waals surface area contributed by atoms with Crippen LogP contribution in [0.15, 0.2) is 66.9 Å². The van der Waals surface area contributed by atoms with Crippen molar-refractivity contribution in [2.75, 3.05) is 44.2 Å². The molecule has 2 aromatic carbocycles. The van der Waals surface area contributed by atoms with E-state index in [4.69, 9.17) is 4.74 Å². The quantitative estimate of drug-likeness (QED) is 0.335. The minimum atomic E-state index is 0.301. The first-order valence-corrected chi connectivity index (χ1v) is 14.5. The predicted octanol–water partition coefficient (Wildman–Crippen LogP) is 6.28. The van der Waals surface area contributed by atoms with Crippen LogP contribution in [-0.2, 0) is 6.42 Å². The van der Waals surface area contributed by atoms with Crippen LogP contribution in [0.1, 0.15) is 54.4 Å². The maximum Gasteiger partial charge on any atom is 0.171 e. The molecule has 3 aromatic rings. The summed E-state index contributed by atoms with van der Waals surface area (Å²) in [5, 5.41) is 0. The van der Waals surface area contributed by atoms with E-state index in [1.54, 1.807) is 0 Å². The Morgan fingerprint density at radius 2 is 1.55 bits per heavy atom. The van der Waals surface area contributed by atoms with E-state index in [1.807, 2.05) is 24.4 Å². The fourth-order valence-electron chi connectivity index (χ4n) is 6.45. The standard InChI is InChI=1S/C33H39N3O2/c37-31(29-12-10-28(11-13-29)27-4-2-1-3-5-27)24-26-8-6-25(7-9-26)15-18-35-19-21-36(22-20-35)33-32-30(14-17-34-33)16-23-38-32/h1-5,10-14,17,25-26H,6-9,15-16,18-24H2. The van der Waals surface area contributed by atoms with E-state index in [9.17, 15) is 4.79 Å². The Kier molecular flexibility index (Phi) is 7.73. The second-order valence-electron chi connectivity index (χ2n) is 11.3. The summed E-state index contributed by atoms with van der Waals surface area (Å²) in [6.07, 6.45) is 9.83. The normalized spacial score (nSPS) is 21.6. The summed E-state index contributed by atoms with van der Waals surface area (Å²) in [5.41, 5.74) is 4.51. The van der Waals surface area contributed by atoms with E-state index < -0.39 is 0 Å². The van der Waals surface area contributed by atoms with Gasteiger partial charge in [0.25, 0.3) is 0 Å². The Morgan fingerprint density at radius 1 is 0.842 bits per heavy atom. The van der Waals surface area contributed by atoms with Gasteiger partial charge in [0.15, 0.2) is 17.4 Å². The lowest BCUT2D eigenvalue weighted by molar-refractivity contribution is 0.0940. The van der Waals surface area contributed by atoms with Crippen molar-refractivity contribution in [3.8, 4) is 16.9 Å². The highest BCUT2D eigenvalue weighted by molar-refractivity contribution is 5.96. The summed E-state index contributed by atoms with van der Waals surface area (Å²) >= 11 is 0. The molecule has 0 radical (unpaired) electrons. The molecule has 5 nitrogen and oxygen atoms in total. The number of nitrogens with zero attached hydrogens (tertiary/aromatic N) is 3. The van der Waals surface area contributed by atoms with Crippen LogP contribution in [0.25, 0.3) is 11.1 Å². The first kappa shape index (κ1) is 25.1. The van der Waals surface area contributed by atoms with Gasteiger partial charge in [0.2, 0.25) is 0 Å². The second-order valence-corrected chi connectivity index (χ2v) is 11.3. The summed E-state index contributed by atoms with van der Waals surface area (Å²) in [4.78, 5) is 22.6. The van der Waals surface area contributed by atoms with Crippen molar-refractivity contribution < 1.29 is 9.53 Å². The number of carbonyl (C=O) groups excluding carboxylic acids is 1. The molecular formula is C33H39N3O2. The van der Waals surface area contributed by atoms with Gasteiger partial charge in [0.1, 0.15) is 0 Å². The molecule has 3 aliphatic rings. The third kappa shape index (κ3) is 5.78. The number of anilines is 1. The van der Waals surface area contributed by atoms with E-state index in [-0.39, 0.29) is 0 Å². The van der Waals surface area contributed by atoms with Gasteiger partial charge < -0.3 is 9.64 Å². The van der Waals surface area contributed by atoms with Gasteiger partial charge in [-0.25, -0.2) is 4.98 Å². The zero-order chi connectivity index (χ0) is 25.7. The molecule has 6 rings (SSSR count). The first-order valence-electron chi connectivity index (χ1n) is 14.5. The average Bonchev–Trinajstić information content (AvgIpc) is 3.47. The summed E-state index contributed by atoms with van der Waals surface area (Å²) in [7, 11) is 0. The molecule has 1 saturated carbocycles. The number of pyridine rings is 1. The number of aromatic nitrogens is 1. The molecule has 0 N–H and O–H groups in total. The fraction of sp³-hybridized carbons (Fsp3) is 0.455. The number of ketones is 1. The van der Waals surface area contributed by atoms with E-state index in [0.717, 1.165) is 62.3 Å². The van der Waals surface area contributed by atoms with Crippen LogP contribution < -0.4 is 9.64 Å². The number of benzene rings is 2. The molecule has 0 atom stereocenters. The molecule has 1 aromatic heterocycles. The highest BCUT2D eigenvalue weighted by Gasteiger charge is 2.27. The second kappa shape index (κ2) is 11.7. The molecule has 0 unspecified atom stereocenters. The minimum absolute atomic E-state index is 0.301. The molecule has 2 fully saturated rings. The molecule has 0 spiro atoms. The largest absolute Gasteiger partial charge is 0.489 e. The van der Waals surface area contributed by atoms with Gasteiger partial charge >= 0.3 is 0 Å². The Balaban J connectivity index is 0.911. The number of carbonyl (C=O) groups is 1. The number of rotatable bonds is 8. The molecule has 3 heterocycles. The van der Waals surface area contributed by atoms with Gasteiger partial charge in [-0.05, 0) is 54.8 Å². The van der Waals surface area contributed by atoms with Gasteiger partial charge in [-0.1, -0.05) is 67.4 Å². The van der Waals surface area contributed by atoms with Crippen LogP contribution in [0.3, 0.4) is 0 Å². The van der Waals surface area contributed by atoms with Crippen LogP contribution in [-0.4, -0.2) is 55.0 Å². The van der Waals surface area contributed by atoms with Gasteiger partial charge in [-0.3, -0.25) is 9.69 Å². The Labute approximate surface area is 226 Å². The van der Waals surface area contributed by atoms with Gasteiger partial charge in [0, 0.05) is 56.3 Å². The zero-order valence-corrected chi connectivity index (χ0v) is 22.4. The molecule has 198 valence electrons. The minimum Gasteiger partial charge on any atom is -0.489 e. The Morgan fingerprint density at radius 3 is 2.32 bits per heavy atom. The van der Waals surface area contributed by atoms with Crippen LogP contribution in [0.5, 0.6) is 5.75 Å². The molecule has 0 amide bonds. The third-order valence-corrected chi connectivity index (χ3v) is 8.86. The zero-order valence-electron chi connectivity index (χ0n) is 22.4. The summed E-state index contributed by atoms with van der Waals surface area (Å²) in [6.45, 7) is 6.21.